The summed E-state index contributed by atoms with van der Waals surface area (Å²) in [5.74, 6) is 1.06. The van der Waals surface area contributed by atoms with Gasteiger partial charge in [-0.05, 0) is 38.1 Å². The molecule has 6 nitrogen and oxygen atoms in total. The Morgan fingerprint density at radius 3 is 2.41 bits per heavy atom. The third-order valence-corrected chi connectivity index (χ3v) is 5.19. The first-order valence-corrected chi connectivity index (χ1v) is 9.66. The number of nitrogens with zero attached hydrogens (tertiary/aromatic N) is 3. The molecule has 0 saturated heterocycles. The molecule has 4 rings (SSSR count). The molecule has 148 valence electrons. The minimum atomic E-state index is -0.107. The van der Waals surface area contributed by atoms with Crippen molar-refractivity contribution in [2.75, 3.05) is 16.3 Å². The van der Waals surface area contributed by atoms with E-state index in [9.17, 15) is 9.59 Å². The molecule has 29 heavy (non-hydrogen) atoms. The smallest absolute Gasteiger partial charge is 0.233 e. The Hall–Kier alpha value is -3.41. The fraction of sp³-hybridized carbons (Fsp3) is 0.261. The van der Waals surface area contributed by atoms with Crippen molar-refractivity contribution in [3.63, 3.8) is 0 Å². The zero-order valence-corrected chi connectivity index (χ0v) is 16.8. The molecular weight excluding hydrogens is 366 g/mol. The summed E-state index contributed by atoms with van der Waals surface area (Å²) in [6.45, 7) is 5.77. The number of aromatic nitrogens is 1. The molecule has 0 spiro atoms. The van der Waals surface area contributed by atoms with Crippen molar-refractivity contribution in [3.05, 3.63) is 66.1 Å². The highest BCUT2D eigenvalue weighted by atomic mass is 16.4. The van der Waals surface area contributed by atoms with E-state index < -0.39 is 0 Å². The van der Waals surface area contributed by atoms with E-state index in [0.29, 0.717) is 23.9 Å². The van der Waals surface area contributed by atoms with Crippen LogP contribution in [0.3, 0.4) is 0 Å². The van der Waals surface area contributed by atoms with E-state index in [-0.39, 0.29) is 24.3 Å². The first-order valence-electron chi connectivity index (χ1n) is 9.66. The topological polar surface area (TPSA) is 66.7 Å². The predicted octanol–water partition coefficient (Wildman–Crippen LogP) is 3.98. The lowest BCUT2D eigenvalue weighted by Gasteiger charge is -2.40. The molecule has 0 fully saturated rings. The van der Waals surface area contributed by atoms with Crippen molar-refractivity contribution >= 4 is 23.2 Å². The second-order valence-electron chi connectivity index (χ2n) is 7.30. The van der Waals surface area contributed by atoms with Crippen LogP contribution in [0.2, 0.25) is 0 Å². The van der Waals surface area contributed by atoms with Gasteiger partial charge in [0.05, 0.1) is 29.5 Å². The predicted molar refractivity (Wildman–Crippen MR) is 112 cm³/mol. The molecule has 0 bridgehead atoms. The minimum Gasteiger partial charge on any atom is -0.441 e. The van der Waals surface area contributed by atoms with Crippen LogP contribution in [0.25, 0.3) is 11.5 Å². The van der Waals surface area contributed by atoms with Gasteiger partial charge in [0.15, 0.2) is 0 Å². The second kappa shape index (κ2) is 7.54. The molecule has 1 aliphatic heterocycles. The summed E-state index contributed by atoms with van der Waals surface area (Å²) in [6, 6.07) is 17.0. The van der Waals surface area contributed by atoms with Crippen LogP contribution in [0.5, 0.6) is 0 Å². The maximum absolute atomic E-state index is 13.2. The molecule has 0 N–H and O–H groups in total. The number of anilines is 2. The highest BCUT2D eigenvalue weighted by Crippen LogP contribution is 2.36. The number of hydrogen-bond donors (Lipinski definition) is 0. The van der Waals surface area contributed by atoms with Gasteiger partial charge < -0.3 is 14.2 Å². The number of rotatable bonds is 3. The van der Waals surface area contributed by atoms with Crippen LogP contribution >= 0.6 is 0 Å². The Bertz CT molecular complexity index is 1060. The highest BCUT2D eigenvalue weighted by molar-refractivity contribution is 6.04. The fourth-order valence-corrected chi connectivity index (χ4v) is 3.83. The standard InChI is InChI=1S/C23H23N3O3/c1-15-14-25(20-11-7-8-12-21(20)26(15)17(3)27)22(28)13-19-16(2)29-23(24-19)18-9-5-4-6-10-18/h4-12,15H,13-14H2,1-3H3. The summed E-state index contributed by atoms with van der Waals surface area (Å²) in [6.07, 6.45) is 0.142. The third kappa shape index (κ3) is 3.53. The molecule has 2 heterocycles. The lowest BCUT2D eigenvalue weighted by Crippen LogP contribution is -2.51. The number of oxazole rings is 1. The largest absolute Gasteiger partial charge is 0.441 e. The van der Waals surface area contributed by atoms with Gasteiger partial charge in [-0.1, -0.05) is 30.3 Å². The van der Waals surface area contributed by atoms with E-state index in [2.05, 4.69) is 4.98 Å². The number of fused-ring (bicyclic) bond motifs is 1. The maximum atomic E-state index is 13.2. The summed E-state index contributed by atoms with van der Waals surface area (Å²) in [5.41, 5.74) is 3.01. The van der Waals surface area contributed by atoms with E-state index in [1.54, 1.807) is 16.7 Å². The molecule has 1 atom stereocenters. The van der Waals surface area contributed by atoms with Gasteiger partial charge in [0.25, 0.3) is 0 Å². The molecule has 6 heteroatoms. The normalized spacial score (nSPS) is 15.9. The Labute approximate surface area is 169 Å². The van der Waals surface area contributed by atoms with Crippen LogP contribution in [-0.4, -0.2) is 29.4 Å². The SMILES string of the molecule is CC(=O)N1c2ccccc2N(C(=O)Cc2nc(-c3ccccc3)oc2C)CC1C. The van der Waals surface area contributed by atoms with Crippen molar-refractivity contribution in [1.29, 1.82) is 0 Å². The summed E-state index contributed by atoms with van der Waals surface area (Å²) in [4.78, 5) is 33.4. The average molecular weight is 389 g/mol. The number of carbonyl (C=O) groups excluding carboxylic acids is 2. The van der Waals surface area contributed by atoms with Crippen molar-refractivity contribution in [2.45, 2.75) is 33.2 Å². The van der Waals surface area contributed by atoms with E-state index in [4.69, 9.17) is 4.42 Å². The van der Waals surface area contributed by atoms with E-state index >= 15 is 0 Å². The van der Waals surface area contributed by atoms with Gasteiger partial charge >= 0.3 is 0 Å². The number of benzene rings is 2. The van der Waals surface area contributed by atoms with Gasteiger partial charge in [-0.2, -0.15) is 0 Å². The number of carbonyl (C=O) groups is 2. The minimum absolute atomic E-state index is 0.0307. The van der Waals surface area contributed by atoms with Crippen molar-refractivity contribution in [2.24, 2.45) is 0 Å². The zero-order valence-electron chi connectivity index (χ0n) is 16.8. The van der Waals surface area contributed by atoms with Gasteiger partial charge in [-0.15, -0.1) is 0 Å². The lowest BCUT2D eigenvalue weighted by molar-refractivity contribution is -0.119. The monoisotopic (exact) mass is 389 g/mol. The molecule has 1 aromatic heterocycles. The van der Waals surface area contributed by atoms with Gasteiger partial charge in [-0.3, -0.25) is 9.59 Å². The summed E-state index contributed by atoms with van der Waals surface area (Å²) >= 11 is 0. The Morgan fingerprint density at radius 1 is 1.07 bits per heavy atom. The summed E-state index contributed by atoms with van der Waals surface area (Å²) < 4.78 is 5.79. The summed E-state index contributed by atoms with van der Waals surface area (Å²) in [7, 11) is 0. The maximum Gasteiger partial charge on any atom is 0.233 e. The zero-order chi connectivity index (χ0) is 20.5. The molecule has 0 radical (unpaired) electrons. The molecule has 2 amide bonds. The van der Waals surface area contributed by atoms with Gasteiger partial charge in [-0.25, -0.2) is 4.98 Å². The number of para-hydroxylation sites is 2. The van der Waals surface area contributed by atoms with Crippen LogP contribution < -0.4 is 9.80 Å². The molecular formula is C23H23N3O3. The van der Waals surface area contributed by atoms with E-state index in [1.807, 2.05) is 68.4 Å². The summed E-state index contributed by atoms with van der Waals surface area (Å²) in [5, 5.41) is 0. The Kier molecular flexibility index (Phi) is 4.92. The van der Waals surface area contributed by atoms with Crippen LogP contribution in [0, 0.1) is 6.92 Å². The first kappa shape index (κ1) is 18.9. The van der Waals surface area contributed by atoms with Crippen LogP contribution in [-0.2, 0) is 16.0 Å². The third-order valence-electron chi connectivity index (χ3n) is 5.19. The quantitative estimate of drug-likeness (QED) is 0.680. The molecule has 0 aliphatic carbocycles. The van der Waals surface area contributed by atoms with E-state index in [0.717, 1.165) is 16.9 Å². The number of amides is 2. The van der Waals surface area contributed by atoms with Crippen LogP contribution in [0.1, 0.15) is 25.3 Å². The average Bonchev–Trinajstić information content (AvgIpc) is 3.08. The van der Waals surface area contributed by atoms with Crippen LogP contribution in [0.4, 0.5) is 11.4 Å². The van der Waals surface area contributed by atoms with Crippen molar-refractivity contribution < 1.29 is 14.0 Å². The van der Waals surface area contributed by atoms with Crippen molar-refractivity contribution in [1.82, 2.24) is 4.98 Å². The molecule has 3 aromatic rings. The Morgan fingerprint density at radius 2 is 1.72 bits per heavy atom. The fourth-order valence-electron chi connectivity index (χ4n) is 3.83. The van der Waals surface area contributed by atoms with Gasteiger partial charge in [0.1, 0.15) is 5.76 Å². The van der Waals surface area contributed by atoms with Crippen LogP contribution in [0.15, 0.2) is 59.0 Å². The second-order valence-corrected chi connectivity index (χ2v) is 7.30. The van der Waals surface area contributed by atoms with E-state index in [1.165, 1.54) is 0 Å². The number of hydrogen-bond acceptors (Lipinski definition) is 4. The van der Waals surface area contributed by atoms with Gasteiger partial charge in [0.2, 0.25) is 17.7 Å². The molecule has 1 aliphatic rings. The first-order chi connectivity index (χ1) is 14.0. The Balaban J connectivity index is 1.62. The lowest BCUT2D eigenvalue weighted by atomic mass is 10.1. The molecule has 2 aromatic carbocycles. The number of aryl methyl sites for hydroxylation is 1. The molecule has 0 saturated carbocycles. The highest BCUT2D eigenvalue weighted by Gasteiger charge is 2.33. The molecule has 1 unspecified atom stereocenters. The van der Waals surface area contributed by atoms with Crippen molar-refractivity contribution in [3.8, 4) is 11.5 Å². The van der Waals surface area contributed by atoms with Gasteiger partial charge in [0, 0.05) is 19.0 Å².